The van der Waals surface area contributed by atoms with Crippen LogP contribution >= 0.6 is 0 Å². The van der Waals surface area contributed by atoms with Crippen LogP contribution in [0.1, 0.15) is 15.9 Å². The molecule has 0 unspecified atom stereocenters. The van der Waals surface area contributed by atoms with Gasteiger partial charge in [-0.3, -0.25) is 4.79 Å². The van der Waals surface area contributed by atoms with Crippen LogP contribution in [0.2, 0.25) is 0 Å². The number of hydrogen-bond acceptors (Lipinski definition) is 6. The minimum Gasteiger partial charge on any atom is -0.493 e. The molecule has 0 aliphatic rings. The molecule has 6 nitrogen and oxygen atoms in total. The first-order valence-electron chi connectivity index (χ1n) is 8.95. The van der Waals surface area contributed by atoms with Crippen molar-refractivity contribution in [2.24, 2.45) is 0 Å². The molecular formula is C23H22N2O4. The molecule has 6 heteroatoms. The van der Waals surface area contributed by atoms with E-state index >= 15 is 0 Å². The van der Waals surface area contributed by atoms with Crippen LogP contribution in [0, 0.1) is 0 Å². The fraction of sp³-hybridized carbons (Fsp3) is 0.130. The van der Waals surface area contributed by atoms with E-state index in [2.05, 4.69) is 10.3 Å². The Kier molecular flexibility index (Phi) is 6.47. The third-order valence-corrected chi connectivity index (χ3v) is 4.24. The summed E-state index contributed by atoms with van der Waals surface area (Å²) in [5, 5.41) is 3.26. The lowest BCUT2D eigenvalue weighted by molar-refractivity contribution is 0.104. The number of rotatable bonds is 8. The molecule has 148 valence electrons. The first kappa shape index (κ1) is 19.9. The Labute approximate surface area is 169 Å². The second-order valence-corrected chi connectivity index (χ2v) is 6.04. The molecule has 2 aromatic carbocycles. The first-order valence-corrected chi connectivity index (χ1v) is 8.95. The van der Waals surface area contributed by atoms with Crippen LogP contribution in [0.5, 0.6) is 17.2 Å². The van der Waals surface area contributed by atoms with Gasteiger partial charge in [0.1, 0.15) is 5.82 Å². The summed E-state index contributed by atoms with van der Waals surface area (Å²) in [6, 6.07) is 16.7. The number of nitrogens with one attached hydrogen (secondary N) is 1. The van der Waals surface area contributed by atoms with E-state index in [4.69, 9.17) is 14.2 Å². The van der Waals surface area contributed by atoms with Gasteiger partial charge in [0.15, 0.2) is 17.3 Å². The van der Waals surface area contributed by atoms with Crippen molar-refractivity contribution in [3.8, 4) is 17.2 Å². The molecule has 1 heterocycles. The molecule has 0 saturated carbocycles. The monoisotopic (exact) mass is 390 g/mol. The van der Waals surface area contributed by atoms with Gasteiger partial charge in [0.05, 0.1) is 21.3 Å². The topological polar surface area (TPSA) is 69.7 Å². The van der Waals surface area contributed by atoms with Gasteiger partial charge in [-0.1, -0.05) is 18.2 Å². The molecule has 29 heavy (non-hydrogen) atoms. The number of aromatic nitrogens is 1. The van der Waals surface area contributed by atoms with Crippen molar-refractivity contribution in [1.82, 2.24) is 4.98 Å². The minimum atomic E-state index is -0.196. The van der Waals surface area contributed by atoms with Crippen molar-refractivity contribution < 1.29 is 19.0 Å². The maximum atomic E-state index is 12.7. The van der Waals surface area contributed by atoms with Crippen molar-refractivity contribution in [1.29, 1.82) is 0 Å². The first-order chi connectivity index (χ1) is 14.2. The number of carbonyl (C=O) groups excluding carboxylic acids is 1. The Hall–Kier alpha value is -3.80. The van der Waals surface area contributed by atoms with Gasteiger partial charge in [-0.05, 0) is 48.6 Å². The summed E-state index contributed by atoms with van der Waals surface area (Å²) >= 11 is 0. The van der Waals surface area contributed by atoms with Gasteiger partial charge in [-0.15, -0.1) is 0 Å². The number of pyridine rings is 1. The Morgan fingerprint density at radius 3 is 2.24 bits per heavy atom. The molecule has 0 saturated heterocycles. The van der Waals surface area contributed by atoms with E-state index in [1.54, 1.807) is 24.4 Å². The zero-order valence-electron chi connectivity index (χ0n) is 16.5. The number of methoxy groups -OCH3 is 3. The normalized spacial score (nSPS) is 10.6. The fourth-order valence-corrected chi connectivity index (χ4v) is 2.80. The molecule has 0 radical (unpaired) electrons. The molecule has 0 spiro atoms. The largest absolute Gasteiger partial charge is 0.493 e. The summed E-state index contributed by atoms with van der Waals surface area (Å²) in [6.07, 6.45) is 4.92. The van der Waals surface area contributed by atoms with Gasteiger partial charge in [-0.25, -0.2) is 4.98 Å². The summed E-state index contributed by atoms with van der Waals surface area (Å²) in [6.45, 7) is 0. The molecule has 0 aliphatic heterocycles. The number of allylic oxidation sites excluding steroid dienone is 1. The number of anilines is 2. The highest BCUT2D eigenvalue weighted by Gasteiger charge is 2.15. The predicted octanol–water partition coefficient (Wildman–Crippen LogP) is 4.75. The van der Waals surface area contributed by atoms with Crippen LogP contribution in [-0.2, 0) is 0 Å². The highest BCUT2D eigenvalue weighted by molar-refractivity contribution is 6.07. The third kappa shape index (κ3) is 4.73. The Balaban J connectivity index is 1.86. The van der Waals surface area contributed by atoms with Crippen LogP contribution in [0.25, 0.3) is 6.08 Å². The molecule has 3 aromatic rings. The summed E-state index contributed by atoms with van der Waals surface area (Å²) in [5.74, 6) is 1.76. The minimum absolute atomic E-state index is 0.196. The maximum absolute atomic E-state index is 12.7. The van der Waals surface area contributed by atoms with Gasteiger partial charge in [0.2, 0.25) is 5.75 Å². The number of nitrogens with zero attached hydrogens (tertiary/aromatic N) is 1. The summed E-state index contributed by atoms with van der Waals surface area (Å²) in [7, 11) is 4.54. The van der Waals surface area contributed by atoms with E-state index < -0.39 is 0 Å². The van der Waals surface area contributed by atoms with Gasteiger partial charge in [0, 0.05) is 23.0 Å². The molecule has 0 aliphatic carbocycles. The smallest absolute Gasteiger partial charge is 0.203 e. The predicted molar refractivity (Wildman–Crippen MR) is 113 cm³/mol. The van der Waals surface area contributed by atoms with Crippen LogP contribution in [0.15, 0.2) is 66.9 Å². The maximum Gasteiger partial charge on any atom is 0.203 e. The number of hydrogen-bond donors (Lipinski definition) is 1. The van der Waals surface area contributed by atoms with Crippen LogP contribution in [0.4, 0.5) is 11.5 Å². The fourth-order valence-electron chi connectivity index (χ4n) is 2.80. The number of ether oxygens (including phenoxy) is 3. The van der Waals surface area contributed by atoms with E-state index in [1.165, 1.54) is 27.4 Å². The van der Waals surface area contributed by atoms with Crippen LogP contribution in [-0.4, -0.2) is 32.1 Å². The average molecular weight is 390 g/mol. The average Bonchev–Trinajstić information content (AvgIpc) is 2.77. The molecule has 0 amide bonds. The van der Waals surface area contributed by atoms with Gasteiger partial charge in [0.25, 0.3) is 0 Å². The van der Waals surface area contributed by atoms with Crippen LogP contribution < -0.4 is 19.5 Å². The highest BCUT2D eigenvalue weighted by atomic mass is 16.5. The van der Waals surface area contributed by atoms with Crippen LogP contribution in [0.3, 0.4) is 0 Å². The molecular weight excluding hydrogens is 368 g/mol. The number of benzene rings is 2. The lowest BCUT2D eigenvalue weighted by Gasteiger charge is -2.13. The van der Waals surface area contributed by atoms with E-state index in [0.29, 0.717) is 28.6 Å². The molecule has 1 N–H and O–H groups in total. The third-order valence-electron chi connectivity index (χ3n) is 4.24. The van der Waals surface area contributed by atoms with Crippen molar-refractivity contribution in [3.63, 3.8) is 0 Å². The van der Waals surface area contributed by atoms with Gasteiger partial charge >= 0.3 is 0 Å². The number of ketones is 1. The lowest BCUT2D eigenvalue weighted by Crippen LogP contribution is -2.01. The summed E-state index contributed by atoms with van der Waals surface area (Å²) < 4.78 is 15.9. The molecule has 3 rings (SSSR count). The van der Waals surface area contributed by atoms with Crippen molar-refractivity contribution in [2.75, 3.05) is 26.6 Å². The SMILES string of the molecule is COc1cc(C(=O)C=Cc2cccnc2Nc2ccccc2)cc(OC)c1OC. The van der Waals surface area contributed by atoms with E-state index in [-0.39, 0.29) is 5.78 Å². The van der Waals surface area contributed by atoms with E-state index in [9.17, 15) is 4.79 Å². The highest BCUT2D eigenvalue weighted by Crippen LogP contribution is 2.38. The molecule has 0 atom stereocenters. The second-order valence-electron chi connectivity index (χ2n) is 6.04. The molecule has 1 aromatic heterocycles. The van der Waals surface area contributed by atoms with Gasteiger partial charge < -0.3 is 19.5 Å². The Morgan fingerprint density at radius 2 is 1.62 bits per heavy atom. The summed E-state index contributed by atoms with van der Waals surface area (Å²) in [5.41, 5.74) is 2.13. The number of carbonyl (C=O) groups is 1. The van der Waals surface area contributed by atoms with E-state index in [0.717, 1.165) is 11.3 Å². The van der Waals surface area contributed by atoms with Gasteiger partial charge in [-0.2, -0.15) is 0 Å². The summed E-state index contributed by atoms with van der Waals surface area (Å²) in [4.78, 5) is 17.1. The van der Waals surface area contributed by atoms with Crippen molar-refractivity contribution >= 4 is 23.4 Å². The zero-order chi connectivity index (χ0) is 20.6. The molecule has 0 fully saturated rings. The van der Waals surface area contributed by atoms with Crippen molar-refractivity contribution in [3.05, 3.63) is 78.0 Å². The second kappa shape index (κ2) is 9.41. The van der Waals surface area contributed by atoms with E-state index in [1.807, 2.05) is 42.5 Å². The lowest BCUT2D eigenvalue weighted by atomic mass is 10.1. The Bertz CT molecular complexity index is 991. The quantitative estimate of drug-likeness (QED) is 0.442. The Morgan fingerprint density at radius 1 is 0.931 bits per heavy atom. The standard InChI is InChI=1S/C23H22N2O4/c1-27-20-14-17(15-21(28-2)22(20)29-3)19(26)12-11-16-8-7-13-24-23(16)25-18-9-5-4-6-10-18/h4-15H,1-3H3,(H,24,25). The zero-order valence-corrected chi connectivity index (χ0v) is 16.5. The van der Waals surface area contributed by atoms with Crippen molar-refractivity contribution in [2.45, 2.75) is 0 Å². The molecule has 0 bridgehead atoms. The number of para-hydroxylation sites is 1.